The zero-order chi connectivity index (χ0) is 32.6. The van der Waals surface area contributed by atoms with Gasteiger partial charge in [-0.3, -0.25) is 9.59 Å². The van der Waals surface area contributed by atoms with Gasteiger partial charge in [-0.05, 0) is 99.4 Å². The maximum Gasteiger partial charge on any atom is 0.187 e. The van der Waals surface area contributed by atoms with E-state index in [1.165, 1.54) is 5.57 Å². The van der Waals surface area contributed by atoms with E-state index in [0.717, 1.165) is 25.7 Å². The number of hydrogen-bond donors (Lipinski definition) is 4. The summed E-state index contributed by atoms with van der Waals surface area (Å²) in [5, 5.41) is 41.6. The van der Waals surface area contributed by atoms with Crippen LogP contribution in [0.15, 0.2) is 23.8 Å². The summed E-state index contributed by atoms with van der Waals surface area (Å²) < 4.78 is 12.5. The van der Waals surface area contributed by atoms with Crippen molar-refractivity contribution in [2.24, 2.45) is 45.3 Å². The molecular weight excluding hydrogens is 560 g/mol. The topological polar surface area (TPSA) is 134 Å². The molecule has 13 atom stereocenters. The molecule has 3 saturated carbocycles. The number of Topliss-reactive ketones (excluding diaryl/α,β-unsaturated/α-hetero) is 1. The van der Waals surface area contributed by atoms with Crippen LogP contribution >= 0.6 is 0 Å². The minimum absolute atomic E-state index is 0.119. The number of carbonyl (C=O) groups excluding carboxylic acids is 2. The van der Waals surface area contributed by atoms with Gasteiger partial charge in [-0.1, -0.05) is 52.3 Å². The van der Waals surface area contributed by atoms with E-state index < -0.39 is 48.3 Å². The number of carbonyl (C=O) groups is 2. The number of fused-ring (bicyclic) bond motifs is 5. The largest absolute Gasteiger partial charge is 0.394 e. The second-order valence-electron chi connectivity index (χ2n) is 16.5. The van der Waals surface area contributed by atoms with Gasteiger partial charge in [-0.25, -0.2) is 0 Å². The number of hydrogen-bond acceptors (Lipinski definition) is 8. The van der Waals surface area contributed by atoms with Crippen molar-refractivity contribution in [2.75, 3.05) is 6.61 Å². The van der Waals surface area contributed by atoms with E-state index in [1.807, 2.05) is 20.8 Å². The first-order valence-electron chi connectivity index (χ1n) is 16.8. The van der Waals surface area contributed by atoms with Crippen LogP contribution < -0.4 is 0 Å². The van der Waals surface area contributed by atoms with Crippen LogP contribution in [0, 0.1) is 45.3 Å². The lowest BCUT2D eigenvalue weighted by molar-refractivity contribution is -0.333. The molecule has 0 bridgehead atoms. The van der Waals surface area contributed by atoms with Crippen LogP contribution in [0.4, 0.5) is 0 Å². The lowest BCUT2D eigenvalue weighted by atomic mass is 9.36. The first-order valence-corrected chi connectivity index (χ1v) is 16.8. The van der Waals surface area contributed by atoms with Crippen molar-refractivity contribution in [3.8, 4) is 0 Å². The molecule has 6 unspecified atom stereocenters. The van der Waals surface area contributed by atoms with Gasteiger partial charge in [0.15, 0.2) is 12.1 Å². The van der Waals surface area contributed by atoms with Crippen molar-refractivity contribution < 1.29 is 39.5 Å². The highest BCUT2D eigenvalue weighted by molar-refractivity contribution is 5.96. The number of ketones is 2. The van der Waals surface area contributed by atoms with Crippen LogP contribution in [0.5, 0.6) is 0 Å². The smallest absolute Gasteiger partial charge is 0.187 e. The molecule has 0 radical (unpaired) electrons. The Labute approximate surface area is 263 Å². The molecule has 8 nitrogen and oxygen atoms in total. The van der Waals surface area contributed by atoms with Crippen molar-refractivity contribution in [1.82, 2.24) is 0 Å². The molecular formula is C36H56O8. The number of aliphatic hydroxyl groups is 4. The maximum absolute atomic E-state index is 14.6. The molecule has 5 rings (SSSR count). The molecule has 248 valence electrons. The van der Waals surface area contributed by atoms with Gasteiger partial charge in [0.25, 0.3) is 0 Å². The molecule has 0 aromatic carbocycles. The van der Waals surface area contributed by atoms with Gasteiger partial charge in [0.05, 0.1) is 12.2 Å². The van der Waals surface area contributed by atoms with Gasteiger partial charge in [-0.2, -0.15) is 0 Å². The SMILES string of the molecule is CC(C)=CCC[C@](C)(O[C@@H]1OC(CO)[C@@H](O)[C@H](O)C1O)C1CC[C@]2(C)C1C(=O)CC1[C@@]3(C)C=CC(=O)C(C)(C)C3CC[C@]12C. The van der Waals surface area contributed by atoms with Crippen LogP contribution in [0.25, 0.3) is 0 Å². The fraction of sp³-hybridized carbons (Fsp3) is 0.833. The van der Waals surface area contributed by atoms with E-state index in [2.05, 4.69) is 46.8 Å². The van der Waals surface area contributed by atoms with Gasteiger partial charge in [0.1, 0.15) is 30.2 Å². The molecule has 0 amide bonds. The van der Waals surface area contributed by atoms with Gasteiger partial charge in [0, 0.05) is 17.8 Å². The summed E-state index contributed by atoms with van der Waals surface area (Å²) in [6, 6.07) is 0. The lowest BCUT2D eigenvalue weighted by Crippen LogP contribution is -2.65. The molecule has 1 heterocycles. The molecule has 4 aliphatic carbocycles. The normalized spacial score (nSPS) is 47.8. The Morgan fingerprint density at radius 3 is 2.30 bits per heavy atom. The summed E-state index contributed by atoms with van der Waals surface area (Å²) >= 11 is 0. The first-order chi connectivity index (χ1) is 20.4. The summed E-state index contributed by atoms with van der Waals surface area (Å²) in [5.41, 5.74) is -0.857. The van der Waals surface area contributed by atoms with E-state index in [1.54, 1.807) is 6.08 Å². The average Bonchev–Trinajstić information content (AvgIpc) is 3.33. The van der Waals surface area contributed by atoms with Crippen molar-refractivity contribution in [3.63, 3.8) is 0 Å². The Hall–Kier alpha value is -1.42. The molecule has 5 aliphatic rings. The van der Waals surface area contributed by atoms with E-state index >= 15 is 0 Å². The molecule has 0 spiro atoms. The van der Waals surface area contributed by atoms with Gasteiger partial charge >= 0.3 is 0 Å². The number of ether oxygens (including phenoxy) is 2. The van der Waals surface area contributed by atoms with Gasteiger partial charge in [-0.15, -0.1) is 0 Å². The van der Waals surface area contributed by atoms with Gasteiger partial charge < -0.3 is 29.9 Å². The second kappa shape index (κ2) is 11.4. The summed E-state index contributed by atoms with van der Waals surface area (Å²) in [5.74, 6) is 0.308. The lowest BCUT2D eigenvalue weighted by Gasteiger charge is -2.67. The molecule has 4 fully saturated rings. The highest BCUT2D eigenvalue weighted by Crippen LogP contribution is 2.74. The van der Waals surface area contributed by atoms with Crippen LogP contribution in [-0.2, 0) is 19.1 Å². The molecule has 0 aromatic rings. The Kier molecular flexibility index (Phi) is 8.77. The zero-order valence-corrected chi connectivity index (χ0v) is 28.0. The molecule has 0 aromatic heterocycles. The van der Waals surface area contributed by atoms with Crippen molar-refractivity contribution in [1.29, 1.82) is 0 Å². The number of aliphatic hydroxyl groups excluding tert-OH is 4. The van der Waals surface area contributed by atoms with Crippen molar-refractivity contribution >= 4 is 11.6 Å². The van der Waals surface area contributed by atoms with Crippen molar-refractivity contribution in [2.45, 2.75) is 137 Å². The van der Waals surface area contributed by atoms with Crippen LogP contribution in [0.3, 0.4) is 0 Å². The Morgan fingerprint density at radius 2 is 1.66 bits per heavy atom. The Balaban J connectivity index is 1.51. The molecule has 1 saturated heterocycles. The predicted molar refractivity (Wildman–Crippen MR) is 166 cm³/mol. The summed E-state index contributed by atoms with van der Waals surface area (Å²) in [7, 11) is 0. The molecule has 4 N–H and O–H groups in total. The molecule has 8 heteroatoms. The van der Waals surface area contributed by atoms with E-state index in [9.17, 15) is 30.0 Å². The highest BCUT2D eigenvalue weighted by Gasteiger charge is 2.71. The van der Waals surface area contributed by atoms with E-state index in [-0.39, 0.29) is 51.5 Å². The minimum atomic E-state index is -1.53. The summed E-state index contributed by atoms with van der Waals surface area (Å²) in [6.45, 7) is 16.7. The fourth-order valence-corrected chi connectivity index (χ4v) is 10.8. The monoisotopic (exact) mass is 616 g/mol. The van der Waals surface area contributed by atoms with Crippen LogP contribution in [0.1, 0.15) is 100 Å². The molecule has 44 heavy (non-hydrogen) atoms. The predicted octanol–water partition coefficient (Wildman–Crippen LogP) is 4.52. The maximum atomic E-state index is 14.6. The van der Waals surface area contributed by atoms with Crippen molar-refractivity contribution in [3.05, 3.63) is 23.8 Å². The summed E-state index contributed by atoms with van der Waals surface area (Å²) in [6.07, 6.45) is 4.47. The highest BCUT2D eigenvalue weighted by atomic mass is 16.7. The Bertz CT molecular complexity index is 1200. The number of allylic oxidation sites excluding steroid dienone is 4. The third kappa shape index (κ3) is 4.93. The van der Waals surface area contributed by atoms with Crippen LogP contribution in [-0.4, -0.2) is 74.9 Å². The van der Waals surface area contributed by atoms with E-state index in [4.69, 9.17) is 9.47 Å². The third-order valence-electron chi connectivity index (χ3n) is 13.7. The zero-order valence-electron chi connectivity index (χ0n) is 28.0. The van der Waals surface area contributed by atoms with E-state index in [0.29, 0.717) is 19.3 Å². The second-order valence-corrected chi connectivity index (χ2v) is 16.5. The molecule has 1 aliphatic heterocycles. The fourth-order valence-electron chi connectivity index (χ4n) is 10.8. The quantitative estimate of drug-likeness (QED) is 0.307. The Morgan fingerprint density at radius 1 is 1.00 bits per heavy atom. The van der Waals surface area contributed by atoms with Crippen LogP contribution in [0.2, 0.25) is 0 Å². The average molecular weight is 617 g/mol. The third-order valence-corrected chi connectivity index (χ3v) is 13.7. The standard InChI is InChI=1S/C36H56O8/c1-20(2)10-9-14-36(8,44-31-30(42)29(41)28(40)23(19-37)43-31)21-11-16-35(7)27(21)22(38)18-25-33(5)15-13-26(39)32(3,4)24(33)12-17-34(25,35)6/h10,13,15,21,23-25,27-31,37,40-42H,9,11-12,14,16-19H2,1-8H3/t21?,23?,24?,25?,27?,28-,29+,30?,31+,33+,34-,35-,36+/m1/s1. The number of rotatable bonds is 7. The first kappa shape index (κ1) is 33.9. The summed E-state index contributed by atoms with van der Waals surface area (Å²) in [4.78, 5) is 27.5. The minimum Gasteiger partial charge on any atom is -0.394 e. The van der Waals surface area contributed by atoms with Gasteiger partial charge in [0.2, 0.25) is 0 Å².